The summed E-state index contributed by atoms with van der Waals surface area (Å²) in [6.07, 6.45) is 2.69. The lowest BCUT2D eigenvalue weighted by molar-refractivity contribution is 0.963. The second-order valence-electron chi connectivity index (χ2n) is 2.36. The zero-order valence-corrected chi connectivity index (χ0v) is 7.04. The van der Waals surface area contributed by atoms with Gasteiger partial charge in [0, 0.05) is 6.54 Å². The van der Waals surface area contributed by atoms with Gasteiger partial charge in [-0.15, -0.1) is 5.10 Å². The van der Waals surface area contributed by atoms with Gasteiger partial charge in [0.25, 0.3) is 0 Å². The molecule has 1 aromatic rings. The summed E-state index contributed by atoms with van der Waals surface area (Å²) in [4.78, 5) is 0. The fourth-order valence-corrected chi connectivity index (χ4v) is 0.841. The number of hydrogen-bond donors (Lipinski definition) is 3. The molecule has 0 aliphatic carbocycles. The quantitative estimate of drug-likeness (QED) is 0.452. The standard InChI is InChI=1S/C7H13N5/c1-2-4-9-6-3-5-10-12-7(6)11-8/h3,5H,2,4,8H2,1H3,(H,9,10)(H,11,12). The van der Waals surface area contributed by atoms with Crippen LogP contribution in [-0.2, 0) is 0 Å². The minimum absolute atomic E-state index is 0.575. The van der Waals surface area contributed by atoms with Crippen LogP contribution in [0.15, 0.2) is 12.3 Å². The first-order chi connectivity index (χ1) is 5.88. The monoisotopic (exact) mass is 167 g/mol. The number of hydrogen-bond acceptors (Lipinski definition) is 5. The molecule has 0 aromatic carbocycles. The third-order valence-electron chi connectivity index (χ3n) is 1.42. The third-order valence-corrected chi connectivity index (χ3v) is 1.42. The topological polar surface area (TPSA) is 75.9 Å². The molecule has 0 bridgehead atoms. The Labute approximate surface area is 71.3 Å². The van der Waals surface area contributed by atoms with Crippen LogP contribution in [0.4, 0.5) is 11.5 Å². The molecule has 5 heteroatoms. The summed E-state index contributed by atoms with van der Waals surface area (Å²) >= 11 is 0. The first-order valence-electron chi connectivity index (χ1n) is 3.90. The van der Waals surface area contributed by atoms with Gasteiger partial charge in [-0.25, -0.2) is 5.84 Å². The highest BCUT2D eigenvalue weighted by molar-refractivity contribution is 5.62. The molecule has 1 aromatic heterocycles. The van der Waals surface area contributed by atoms with Gasteiger partial charge < -0.3 is 10.7 Å². The third kappa shape index (κ3) is 2.06. The fourth-order valence-electron chi connectivity index (χ4n) is 0.841. The largest absolute Gasteiger partial charge is 0.382 e. The summed E-state index contributed by atoms with van der Waals surface area (Å²) in [5, 5.41) is 10.7. The van der Waals surface area contributed by atoms with E-state index in [9.17, 15) is 0 Å². The summed E-state index contributed by atoms with van der Waals surface area (Å²) in [7, 11) is 0. The van der Waals surface area contributed by atoms with Gasteiger partial charge >= 0.3 is 0 Å². The first kappa shape index (κ1) is 8.73. The number of nitrogens with zero attached hydrogens (tertiary/aromatic N) is 2. The van der Waals surface area contributed by atoms with Crippen LogP contribution in [0.1, 0.15) is 13.3 Å². The van der Waals surface area contributed by atoms with Crippen LogP contribution >= 0.6 is 0 Å². The van der Waals surface area contributed by atoms with Crippen molar-refractivity contribution in [1.29, 1.82) is 0 Å². The van der Waals surface area contributed by atoms with E-state index in [0.717, 1.165) is 18.7 Å². The number of hydrazine groups is 1. The lowest BCUT2D eigenvalue weighted by atomic mass is 10.4. The highest BCUT2D eigenvalue weighted by Crippen LogP contribution is 2.14. The van der Waals surface area contributed by atoms with Crippen molar-refractivity contribution < 1.29 is 0 Å². The van der Waals surface area contributed by atoms with Crippen LogP contribution in [-0.4, -0.2) is 16.7 Å². The number of anilines is 2. The van der Waals surface area contributed by atoms with Gasteiger partial charge in [-0.3, -0.25) is 0 Å². The van der Waals surface area contributed by atoms with E-state index in [2.05, 4.69) is 27.9 Å². The zero-order valence-electron chi connectivity index (χ0n) is 7.04. The van der Waals surface area contributed by atoms with Crippen LogP contribution in [0, 0.1) is 0 Å². The van der Waals surface area contributed by atoms with E-state index in [-0.39, 0.29) is 0 Å². The smallest absolute Gasteiger partial charge is 0.186 e. The molecule has 0 radical (unpaired) electrons. The zero-order chi connectivity index (χ0) is 8.81. The molecule has 0 amide bonds. The van der Waals surface area contributed by atoms with Gasteiger partial charge in [0.05, 0.1) is 11.9 Å². The molecule has 66 valence electrons. The van der Waals surface area contributed by atoms with Crippen molar-refractivity contribution in [2.75, 3.05) is 17.3 Å². The fraction of sp³-hybridized carbons (Fsp3) is 0.429. The van der Waals surface area contributed by atoms with E-state index >= 15 is 0 Å². The molecular formula is C7H13N5. The Bertz CT molecular complexity index is 237. The Balaban J connectivity index is 2.68. The normalized spacial score (nSPS) is 9.50. The number of rotatable bonds is 4. The summed E-state index contributed by atoms with van der Waals surface area (Å²) < 4.78 is 0. The average Bonchev–Trinajstić information content (AvgIpc) is 2.15. The molecule has 0 spiro atoms. The van der Waals surface area contributed by atoms with Crippen molar-refractivity contribution in [3.8, 4) is 0 Å². The van der Waals surface area contributed by atoms with Gasteiger partial charge in [0.2, 0.25) is 0 Å². The molecule has 0 fully saturated rings. The maximum atomic E-state index is 5.23. The molecule has 5 nitrogen and oxygen atoms in total. The average molecular weight is 167 g/mol. The van der Waals surface area contributed by atoms with Crippen molar-refractivity contribution >= 4 is 11.5 Å². The Morgan fingerprint density at radius 1 is 1.58 bits per heavy atom. The molecule has 0 saturated carbocycles. The number of nitrogens with two attached hydrogens (primary N) is 1. The minimum Gasteiger partial charge on any atom is -0.382 e. The molecule has 0 aliphatic heterocycles. The van der Waals surface area contributed by atoms with Crippen molar-refractivity contribution in [2.45, 2.75) is 13.3 Å². The first-order valence-corrected chi connectivity index (χ1v) is 3.90. The highest BCUT2D eigenvalue weighted by atomic mass is 15.3. The molecule has 0 aliphatic rings. The van der Waals surface area contributed by atoms with Crippen molar-refractivity contribution in [1.82, 2.24) is 10.2 Å². The van der Waals surface area contributed by atoms with Gasteiger partial charge in [-0.05, 0) is 12.5 Å². The maximum Gasteiger partial charge on any atom is 0.186 e. The van der Waals surface area contributed by atoms with Gasteiger partial charge in [0.15, 0.2) is 5.82 Å². The Morgan fingerprint density at radius 3 is 3.08 bits per heavy atom. The molecule has 4 N–H and O–H groups in total. The minimum atomic E-state index is 0.575. The van der Waals surface area contributed by atoms with E-state index in [1.54, 1.807) is 6.20 Å². The summed E-state index contributed by atoms with van der Waals surface area (Å²) in [6.45, 7) is 3.00. The molecule has 0 saturated heterocycles. The summed E-state index contributed by atoms with van der Waals surface area (Å²) in [6, 6.07) is 1.83. The van der Waals surface area contributed by atoms with Gasteiger partial charge in [-0.2, -0.15) is 5.10 Å². The van der Waals surface area contributed by atoms with Crippen molar-refractivity contribution in [3.63, 3.8) is 0 Å². The lowest BCUT2D eigenvalue weighted by Gasteiger charge is -2.07. The van der Waals surface area contributed by atoms with E-state index in [4.69, 9.17) is 5.84 Å². The number of nitrogens with one attached hydrogen (secondary N) is 2. The summed E-state index contributed by atoms with van der Waals surface area (Å²) in [5.74, 6) is 5.80. The second kappa shape index (κ2) is 4.50. The Hall–Kier alpha value is -1.36. The van der Waals surface area contributed by atoms with Gasteiger partial charge in [-0.1, -0.05) is 6.92 Å². The molecule has 12 heavy (non-hydrogen) atoms. The molecule has 1 rings (SSSR count). The second-order valence-corrected chi connectivity index (χ2v) is 2.36. The Morgan fingerprint density at radius 2 is 2.42 bits per heavy atom. The molecule has 1 heterocycles. The maximum absolute atomic E-state index is 5.23. The Kier molecular flexibility index (Phi) is 3.28. The van der Waals surface area contributed by atoms with Crippen LogP contribution in [0.25, 0.3) is 0 Å². The van der Waals surface area contributed by atoms with Crippen LogP contribution in [0.5, 0.6) is 0 Å². The van der Waals surface area contributed by atoms with Crippen LogP contribution < -0.4 is 16.6 Å². The van der Waals surface area contributed by atoms with Crippen LogP contribution in [0.2, 0.25) is 0 Å². The van der Waals surface area contributed by atoms with Gasteiger partial charge in [0.1, 0.15) is 0 Å². The van der Waals surface area contributed by atoms with E-state index in [1.807, 2.05) is 6.07 Å². The number of aromatic nitrogens is 2. The van der Waals surface area contributed by atoms with Crippen LogP contribution in [0.3, 0.4) is 0 Å². The predicted molar refractivity (Wildman–Crippen MR) is 48.6 cm³/mol. The lowest BCUT2D eigenvalue weighted by Crippen LogP contribution is -2.12. The molecule has 0 unspecified atom stereocenters. The highest BCUT2D eigenvalue weighted by Gasteiger charge is 1.99. The van der Waals surface area contributed by atoms with E-state index in [0.29, 0.717) is 5.82 Å². The van der Waals surface area contributed by atoms with Crippen molar-refractivity contribution in [2.24, 2.45) is 5.84 Å². The molecular weight excluding hydrogens is 154 g/mol. The SMILES string of the molecule is CCCNc1ccnnc1NN. The summed E-state index contributed by atoms with van der Waals surface area (Å²) in [5.41, 5.74) is 3.35. The van der Waals surface area contributed by atoms with E-state index in [1.165, 1.54) is 0 Å². The molecule has 0 atom stereocenters. The van der Waals surface area contributed by atoms with Crippen molar-refractivity contribution in [3.05, 3.63) is 12.3 Å². The predicted octanol–water partition coefficient (Wildman–Crippen LogP) is 0.584. The number of nitrogen functional groups attached to an aromatic ring is 1. The van der Waals surface area contributed by atoms with E-state index < -0.39 is 0 Å².